The van der Waals surface area contributed by atoms with Crippen molar-refractivity contribution in [2.75, 3.05) is 26.7 Å². The molecule has 9 heteroatoms. The van der Waals surface area contributed by atoms with Crippen LogP contribution in [-0.4, -0.2) is 66.3 Å². The molecule has 5 rings (SSSR count). The third-order valence-corrected chi connectivity index (χ3v) is 7.42. The van der Waals surface area contributed by atoms with E-state index in [1.165, 1.54) is 10.5 Å². The fraction of sp³-hybridized carbons (Fsp3) is 0.407. The first kappa shape index (κ1) is 24.0. The van der Waals surface area contributed by atoms with E-state index in [4.69, 9.17) is 0 Å². The predicted octanol–water partition coefficient (Wildman–Crippen LogP) is 1.59. The van der Waals surface area contributed by atoms with Crippen molar-refractivity contribution >= 4 is 23.8 Å². The second kappa shape index (κ2) is 10.1. The number of imide groups is 1. The smallest absolute Gasteiger partial charge is 0.315 e. The Labute approximate surface area is 210 Å². The summed E-state index contributed by atoms with van der Waals surface area (Å²) in [5.41, 5.74) is 3.56. The fourth-order valence-electron chi connectivity index (χ4n) is 5.58. The molecule has 5 amide bonds. The number of likely N-dealkylation sites (N-methyl/N-ethyl adjacent to an activating group) is 1. The number of nitrogens with one attached hydrogen (secondary N) is 3. The lowest BCUT2D eigenvalue weighted by Crippen LogP contribution is -2.52. The van der Waals surface area contributed by atoms with Gasteiger partial charge in [-0.05, 0) is 42.1 Å². The largest absolute Gasteiger partial charge is 0.338 e. The Morgan fingerprint density at radius 2 is 1.86 bits per heavy atom. The lowest BCUT2D eigenvalue weighted by atomic mass is 9.89. The van der Waals surface area contributed by atoms with Crippen molar-refractivity contribution in [1.82, 2.24) is 25.8 Å². The quantitative estimate of drug-likeness (QED) is 0.534. The summed E-state index contributed by atoms with van der Waals surface area (Å²) in [6, 6.07) is 15.0. The Balaban J connectivity index is 1.14. The van der Waals surface area contributed by atoms with E-state index in [-0.39, 0.29) is 24.3 Å². The van der Waals surface area contributed by atoms with Crippen LogP contribution in [0.2, 0.25) is 0 Å². The minimum Gasteiger partial charge on any atom is -0.338 e. The molecule has 3 aliphatic heterocycles. The van der Waals surface area contributed by atoms with Crippen LogP contribution >= 0.6 is 0 Å². The molecule has 9 nitrogen and oxygen atoms in total. The molecular weight excluding hydrogens is 458 g/mol. The average Bonchev–Trinajstić information content (AvgIpc) is 3.41. The van der Waals surface area contributed by atoms with Crippen LogP contribution in [0.5, 0.6) is 0 Å². The third kappa shape index (κ3) is 4.97. The van der Waals surface area contributed by atoms with E-state index in [0.717, 1.165) is 24.2 Å². The lowest BCUT2D eigenvalue weighted by Gasteiger charge is -2.29. The molecule has 0 spiro atoms. The number of urea groups is 1. The molecule has 0 bridgehead atoms. The zero-order valence-electron chi connectivity index (χ0n) is 20.3. The average molecular weight is 490 g/mol. The molecule has 3 atom stereocenters. The number of hydrogen-bond donors (Lipinski definition) is 3. The summed E-state index contributed by atoms with van der Waals surface area (Å²) < 4.78 is 0. The Morgan fingerprint density at radius 1 is 1.06 bits per heavy atom. The van der Waals surface area contributed by atoms with Gasteiger partial charge < -0.3 is 20.4 Å². The van der Waals surface area contributed by atoms with E-state index in [1.54, 1.807) is 6.07 Å². The number of benzene rings is 2. The monoisotopic (exact) mass is 489 g/mol. The number of carbonyl (C=O) groups is 4. The second-order valence-electron chi connectivity index (χ2n) is 9.95. The van der Waals surface area contributed by atoms with Gasteiger partial charge in [0.05, 0.1) is 0 Å². The van der Waals surface area contributed by atoms with E-state index in [1.807, 2.05) is 18.2 Å². The Kier molecular flexibility index (Phi) is 6.73. The highest BCUT2D eigenvalue weighted by Gasteiger charge is 2.39. The van der Waals surface area contributed by atoms with Crippen LogP contribution < -0.4 is 16.0 Å². The van der Waals surface area contributed by atoms with Gasteiger partial charge in [0.2, 0.25) is 11.8 Å². The van der Waals surface area contributed by atoms with Crippen molar-refractivity contribution in [2.45, 2.75) is 37.9 Å². The van der Waals surface area contributed by atoms with Gasteiger partial charge in [-0.1, -0.05) is 42.5 Å². The van der Waals surface area contributed by atoms with E-state index in [2.05, 4.69) is 52.2 Å². The van der Waals surface area contributed by atoms with Gasteiger partial charge in [0.15, 0.2) is 0 Å². The van der Waals surface area contributed by atoms with Crippen molar-refractivity contribution in [3.05, 3.63) is 70.8 Å². The summed E-state index contributed by atoms with van der Waals surface area (Å²) >= 11 is 0. The van der Waals surface area contributed by atoms with E-state index in [9.17, 15) is 19.2 Å². The SMILES string of the molecule is CN1C[C@@H](CNC(=O)NCc2ccc3c(c2)CN(C2CCC(=O)NC2=O)C3=O)[C@H](c2ccccc2)C1. The highest BCUT2D eigenvalue weighted by atomic mass is 16.2. The minimum atomic E-state index is -0.635. The zero-order chi connectivity index (χ0) is 25.2. The summed E-state index contributed by atoms with van der Waals surface area (Å²) in [5, 5.41) is 8.25. The van der Waals surface area contributed by atoms with Crippen LogP contribution in [-0.2, 0) is 22.7 Å². The summed E-state index contributed by atoms with van der Waals surface area (Å²) in [4.78, 5) is 52.9. The number of rotatable bonds is 6. The number of fused-ring (bicyclic) bond motifs is 1. The molecule has 0 aromatic heterocycles. The molecule has 2 aromatic rings. The van der Waals surface area contributed by atoms with Gasteiger partial charge in [0.25, 0.3) is 5.91 Å². The lowest BCUT2D eigenvalue weighted by molar-refractivity contribution is -0.136. The van der Waals surface area contributed by atoms with Crippen molar-refractivity contribution in [3.8, 4) is 0 Å². The number of amides is 5. The van der Waals surface area contributed by atoms with Crippen molar-refractivity contribution in [3.63, 3.8) is 0 Å². The maximum absolute atomic E-state index is 12.8. The molecule has 1 unspecified atom stereocenters. The molecular formula is C27H31N5O4. The van der Waals surface area contributed by atoms with E-state index >= 15 is 0 Å². The van der Waals surface area contributed by atoms with Gasteiger partial charge in [0.1, 0.15) is 6.04 Å². The first-order valence-electron chi connectivity index (χ1n) is 12.4. The van der Waals surface area contributed by atoms with E-state index in [0.29, 0.717) is 43.5 Å². The Morgan fingerprint density at radius 3 is 2.64 bits per heavy atom. The maximum atomic E-state index is 12.8. The molecule has 2 fully saturated rings. The number of carbonyl (C=O) groups excluding carboxylic acids is 4. The maximum Gasteiger partial charge on any atom is 0.315 e. The number of hydrogen-bond acceptors (Lipinski definition) is 5. The number of likely N-dealkylation sites (tertiary alicyclic amines) is 1. The first-order valence-corrected chi connectivity index (χ1v) is 12.4. The topological polar surface area (TPSA) is 111 Å². The highest BCUT2D eigenvalue weighted by molar-refractivity contribution is 6.05. The summed E-state index contributed by atoms with van der Waals surface area (Å²) in [6.07, 6.45) is 0.560. The normalized spacial score (nSPS) is 24.0. The first-order chi connectivity index (χ1) is 17.4. The molecule has 36 heavy (non-hydrogen) atoms. The number of piperidine rings is 1. The summed E-state index contributed by atoms with van der Waals surface area (Å²) in [5.74, 6) is -0.201. The number of nitrogens with zero attached hydrogens (tertiary/aromatic N) is 2. The van der Waals surface area contributed by atoms with Crippen LogP contribution in [0.1, 0.15) is 45.8 Å². The zero-order valence-corrected chi connectivity index (χ0v) is 20.3. The van der Waals surface area contributed by atoms with Crippen LogP contribution in [0, 0.1) is 5.92 Å². The van der Waals surface area contributed by atoms with Crippen LogP contribution in [0.25, 0.3) is 0 Å². The van der Waals surface area contributed by atoms with Crippen LogP contribution in [0.15, 0.2) is 48.5 Å². The van der Waals surface area contributed by atoms with Crippen LogP contribution in [0.4, 0.5) is 4.79 Å². The molecule has 0 saturated carbocycles. The van der Waals surface area contributed by atoms with Crippen LogP contribution in [0.3, 0.4) is 0 Å². The van der Waals surface area contributed by atoms with Gasteiger partial charge >= 0.3 is 6.03 Å². The third-order valence-electron chi connectivity index (χ3n) is 7.42. The summed E-state index contributed by atoms with van der Waals surface area (Å²) in [7, 11) is 2.11. The summed E-state index contributed by atoms with van der Waals surface area (Å²) in [6.45, 7) is 3.15. The van der Waals surface area contributed by atoms with Crippen molar-refractivity contribution in [1.29, 1.82) is 0 Å². The van der Waals surface area contributed by atoms with Gasteiger partial charge in [-0.25, -0.2) is 4.79 Å². The Bertz CT molecular complexity index is 1180. The molecule has 2 saturated heterocycles. The van der Waals surface area contributed by atoms with Crippen molar-refractivity contribution < 1.29 is 19.2 Å². The minimum absolute atomic E-state index is 0.203. The standard InChI is InChI=1S/C27H31N5O4/c1-31-14-20(22(16-31)18-5-3-2-4-6-18)13-29-27(36)28-12-17-7-8-21-19(11-17)15-32(26(21)35)23-9-10-24(33)30-25(23)34/h2-8,11,20,22-23H,9-10,12-16H2,1H3,(H2,28,29,36)(H,30,33,34)/t20-,22+,23?/m1/s1. The molecule has 2 aromatic carbocycles. The molecule has 3 N–H and O–H groups in total. The molecule has 3 aliphatic rings. The van der Waals surface area contributed by atoms with Gasteiger partial charge in [0, 0.05) is 50.6 Å². The van der Waals surface area contributed by atoms with E-state index < -0.39 is 11.9 Å². The second-order valence-corrected chi connectivity index (χ2v) is 9.95. The van der Waals surface area contributed by atoms with Crippen molar-refractivity contribution in [2.24, 2.45) is 5.92 Å². The van der Waals surface area contributed by atoms with Gasteiger partial charge in [-0.2, -0.15) is 0 Å². The van der Waals surface area contributed by atoms with Gasteiger partial charge in [-0.15, -0.1) is 0 Å². The Hall–Kier alpha value is -3.72. The predicted molar refractivity (Wildman–Crippen MR) is 133 cm³/mol. The molecule has 3 heterocycles. The van der Waals surface area contributed by atoms with Gasteiger partial charge in [-0.3, -0.25) is 19.7 Å². The fourth-order valence-corrected chi connectivity index (χ4v) is 5.58. The molecule has 188 valence electrons. The highest BCUT2D eigenvalue weighted by Crippen LogP contribution is 2.31. The molecule has 0 aliphatic carbocycles. The molecule has 0 radical (unpaired) electrons.